The Balaban J connectivity index is 1.82. The van der Waals surface area contributed by atoms with Crippen molar-refractivity contribution >= 4 is 50.6 Å². The SMILES string of the molecule is COc1ccc([N+](=O)[O-])cc1NC(=O)C(C)Sc1nc2sccc2c(=O)n1C. The molecule has 146 valence electrons. The summed E-state index contributed by atoms with van der Waals surface area (Å²) < 4.78 is 6.55. The fraction of sp³-hybridized carbons (Fsp3) is 0.235. The molecule has 9 nitrogen and oxygen atoms in total. The summed E-state index contributed by atoms with van der Waals surface area (Å²) in [5.41, 5.74) is -0.143. The van der Waals surface area contributed by atoms with E-state index in [1.165, 1.54) is 41.2 Å². The summed E-state index contributed by atoms with van der Waals surface area (Å²) in [6.45, 7) is 1.66. The number of anilines is 1. The van der Waals surface area contributed by atoms with Crippen LogP contribution in [-0.2, 0) is 11.8 Å². The number of nitro benzene ring substituents is 1. The van der Waals surface area contributed by atoms with E-state index >= 15 is 0 Å². The predicted molar refractivity (Wildman–Crippen MR) is 108 cm³/mol. The quantitative estimate of drug-likeness (QED) is 0.282. The molecule has 0 aliphatic heterocycles. The highest BCUT2D eigenvalue weighted by atomic mass is 32.2. The second kappa shape index (κ2) is 7.98. The minimum Gasteiger partial charge on any atom is -0.495 e. The second-order valence-electron chi connectivity index (χ2n) is 5.79. The summed E-state index contributed by atoms with van der Waals surface area (Å²) >= 11 is 2.48. The lowest BCUT2D eigenvalue weighted by atomic mass is 10.2. The third kappa shape index (κ3) is 3.85. The molecule has 1 atom stereocenters. The third-order valence-electron chi connectivity index (χ3n) is 3.97. The van der Waals surface area contributed by atoms with Gasteiger partial charge in [0, 0.05) is 19.2 Å². The van der Waals surface area contributed by atoms with Crippen LogP contribution in [0.25, 0.3) is 10.2 Å². The van der Waals surface area contributed by atoms with Crippen molar-refractivity contribution in [1.82, 2.24) is 9.55 Å². The standard InChI is InChI=1S/C17H16N4O5S2/c1-9(28-17-19-15-11(6-7-27-15)16(23)20(17)2)14(22)18-12-8-10(21(24)25)4-5-13(12)26-3/h4-9H,1-3H3,(H,18,22). The summed E-state index contributed by atoms with van der Waals surface area (Å²) in [5, 5.41) is 15.7. The number of thiophene rings is 1. The zero-order chi connectivity index (χ0) is 20.4. The van der Waals surface area contributed by atoms with Crippen molar-refractivity contribution in [1.29, 1.82) is 0 Å². The lowest BCUT2D eigenvalue weighted by molar-refractivity contribution is -0.384. The van der Waals surface area contributed by atoms with Gasteiger partial charge in [-0.1, -0.05) is 11.8 Å². The highest BCUT2D eigenvalue weighted by Gasteiger charge is 2.21. The van der Waals surface area contributed by atoms with Gasteiger partial charge in [0.15, 0.2) is 5.16 Å². The molecule has 0 saturated heterocycles. The number of amides is 1. The van der Waals surface area contributed by atoms with E-state index < -0.39 is 16.1 Å². The van der Waals surface area contributed by atoms with E-state index in [1.807, 2.05) is 0 Å². The molecule has 1 N–H and O–H groups in total. The Morgan fingerprint density at radius 3 is 2.86 bits per heavy atom. The average molecular weight is 420 g/mol. The summed E-state index contributed by atoms with van der Waals surface area (Å²) in [6, 6.07) is 5.67. The first-order valence-corrected chi connectivity index (χ1v) is 9.82. The number of nitro groups is 1. The Morgan fingerprint density at radius 2 is 2.18 bits per heavy atom. The number of ether oxygens (including phenoxy) is 1. The van der Waals surface area contributed by atoms with Crippen LogP contribution in [0.15, 0.2) is 39.6 Å². The van der Waals surface area contributed by atoms with Gasteiger partial charge >= 0.3 is 0 Å². The average Bonchev–Trinajstić information content (AvgIpc) is 3.14. The van der Waals surface area contributed by atoms with E-state index in [-0.39, 0.29) is 16.9 Å². The molecule has 2 aromatic heterocycles. The van der Waals surface area contributed by atoms with Gasteiger partial charge < -0.3 is 10.1 Å². The van der Waals surface area contributed by atoms with Crippen LogP contribution in [0, 0.1) is 10.1 Å². The number of nitrogens with one attached hydrogen (secondary N) is 1. The number of carbonyl (C=O) groups is 1. The Morgan fingerprint density at radius 1 is 1.43 bits per heavy atom. The highest BCUT2D eigenvalue weighted by Crippen LogP contribution is 2.30. The number of nitrogens with zero attached hydrogens (tertiary/aromatic N) is 3. The highest BCUT2D eigenvalue weighted by molar-refractivity contribution is 8.00. The van der Waals surface area contributed by atoms with Crippen LogP contribution in [0.5, 0.6) is 5.75 Å². The van der Waals surface area contributed by atoms with Crippen LogP contribution in [0.3, 0.4) is 0 Å². The molecule has 1 amide bonds. The summed E-state index contributed by atoms with van der Waals surface area (Å²) in [4.78, 5) is 40.5. The van der Waals surface area contributed by atoms with Crippen molar-refractivity contribution < 1.29 is 14.5 Å². The number of fused-ring (bicyclic) bond motifs is 1. The monoisotopic (exact) mass is 420 g/mol. The van der Waals surface area contributed by atoms with E-state index in [4.69, 9.17) is 4.74 Å². The van der Waals surface area contributed by atoms with Gasteiger partial charge in [-0.05, 0) is 24.4 Å². The van der Waals surface area contributed by atoms with Gasteiger partial charge in [-0.2, -0.15) is 0 Å². The van der Waals surface area contributed by atoms with Crippen LogP contribution < -0.4 is 15.6 Å². The summed E-state index contributed by atoms with van der Waals surface area (Å²) in [6.07, 6.45) is 0. The third-order valence-corrected chi connectivity index (χ3v) is 5.92. The molecule has 0 spiro atoms. The number of aromatic nitrogens is 2. The topological polar surface area (TPSA) is 116 Å². The molecule has 11 heteroatoms. The Hall–Kier alpha value is -2.92. The van der Waals surface area contributed by atoms with Crippen LogP contribution in [0.1, 0.15) is 6.92 Å². The molecule has 0 aliphatic rings. The summed E-state index contributed by atoms with van der Waals surface area (Å²) in [7, 11) is 3.01. The van der Waals surface area contributed by atoms with Crippen molar-refractivity contribution in [2.24, 2.45) is 7.05 Å². The Bertz CT molecular complexity index is 1120. The lowest BCUT2D eigenvalue weighted by Crippen LogP contribution is -2.25. The molecule has 3 rings (SSSR count). The van der Waals surface area contributed by atoms with Crippen LogP contribution in [0.2, 0.25) is 0 Å². The molecular formula is C17H16N4O5S2. The Kier molecular flexibility index (Phi) is 5.66. The maximum absolute atomic E-state index is 12.6. The molecule has 0 fully saturated rings. The molecule has 0 radical (unpaired) electrons. The van der Waals surface area contributed by atoms with E-state index in [0.717, 1.165) is 11.8 Å². The van der Waals surface area contributed by atoms with Gasteiger partial charge in [0.2, 0.25) is 5.91 Å². The number of rotatable bonds is 6. The number of hydrogen-bond donors (Lipinski definition) is 1. The number of hydrogen-bond acceptors (Lipinski definition) is 8. The largest absolute Gasteiger partial charge is 0.495 e. The zero-order valence-electron chi connectivity index (χ0n) is 15.2. The first-order valence-electron chi connectivity index (χ1n) is 8.06. The maximum atomic E-state index is 12.6. The van der Waals surface area contributed by atoms with Gasteiger partial charge in [-0.15, -0.1) is 11.3 Å². The molecule has 2 heterocycles. The van der Waals surface area contributed by atoms with Crippen LogP contribution in [-0.4, -0.2) is 32.7 Å². The Labute approximate surface area is 167 Å². The van der Waals surface area contributed by atoms with E-state index in [9.17, 15) is 19.7 Å². The normalized spacial score (nSPS) is 12.0. The van der Waals surface area contributed by atoms with Gasteiger partial charge in [0.25, 0.3) is 11.2 Å². The lowest BCUT2D eigenvalue weighted by Gasteiger charge is -2.15. The van der Waals surface area contributed by atoms with Gasteiger partial charge in [0.05, 0.1) is 28.4 Å². The van der Waals surface area contributed by atoms with E-state index in [1.54, 1.807) is 25.4 Å². The van der Waals surface area contributed by atoms with E-state index in [2.05, 4.69) is 10.3 Å². The van der Waals surface area contributed by atoms with Crippen LogP contribution in [0.4, 0.5) is 11.4 Å². The minimum absolute atomic E-state index is 0.163. The first kappa shape index (κ1) is 19.8. The zero-order valence-corrected chi connectivity index (χ0v) is 16.8. The smallest absolute Gasteiger partial charge is 0.271 e. The first-order chi connectivity index (χ1) is 13.3. The van der Waals surface area contributed by atoms with Crippen molar-refractivity contribution in [2.75, 3.05) is 12.4 Å². The molecule has 28 heavy (non-hydrogen) atoms. The number of methoxy groups -OCH3 is 1. The van der Waals surface area contributed by atoms with E-state index in [0.29, 0.717) is 21.1 Å². The minimum atomic E-state index is -0.612. The molecule has 3 aromatic rings. The van der Waals surface area contributed by atoms with Crippen molar-refractivity contribution in [3.8, 4) is 5.75 Å². The van der Waals surface area contributed by atoms with Crippen molar-refractivity contribution in [3.63, 3.8) is 0 Å². The number of benzene rings is 1. The number of non-ortho nitro benzene ring substituents is 1. The number of carbonyl (C=O) groups excluding carboxylic acids is 1. The van der Waals surface area contributed by atoms with Gasteiger partial charge in [-0.25, -0.2) is 4.98 Å². The molecule has 1 aromatic carbocycles. The van der Waals surface area contributed by atoms with Crippen molar-refractivity contribution in [3.05, 3.63) is 50.1 Å². The fourth-order valence-corrected chi connectivity index (χ4v) is 4.12. The molecule has 0 aliphatic carbocycles. The molecule has 0 saturated carbocycles. The van der Waals surface area contributed by atoms with Gasteiger partial charge in [0.1, 0.15) is 10.6 Å². The summed E-state index contributed by atoms with van der Waals surface area (Å²) in [5.74, 6) is -0.0917. The van der Waals surface area contributed by atoms with Crippen LogP contribution >= 0.6 is 23.1 Å². The molecule has 0 bridgehead atoms. The maximum Gasteiger partial charge on any atom is 0.271 e. The van der Waals surface area contributed by atoms with Crippen molar-refractivity contribution in [2.45, 2.75) is 17.3 Å². The number of thioether (sulfide) groups is 1. The second-order valence-corrected chi connectivity index (χ2v) is 7.99. The van der Waals surface area contributed by atoms with Gasteiger partial charge in [-0.3, -0.25) is 24.3 Å². The molecular weight excluding hydrogens is 404 g/mol. The predicted octanol–water partition coefficient (Wildman–Crippen LogP) is 3.03. The fourth-order valence-electron chi connectivity index (χ4n) is 2.44. The molecule has 1 unspecified atom stereocenters.